The van der Waals surface area contributed by atoms with Crippen molar-refractivity contribution < 1.29 is 24.3 Å². The third kappa shape index (κ3) is 3.45. The molecule has 4 rings (SSSR count). The number of carbonyl (C=O) groups is 1. The van der Waals surface area contributed by atoms with Crippen LogP contribution in [0, 0.1) is 13.8 Å². The number of rotatable bonds is 4. The molecule has 3 aliphatic rings. The molecule has 1 unspecified atom stereocenters. The van der Waals surface area contributed by atoms with Gasteiger partial charge in [-0.3, -0.25) is 4.79 Å². The van der Waals surface area contributed by atoms with Gasteiger partial charge >= 0.3 is 0 Å². The van der Waals surface area contributed by atoms with E-state index in [0.717, 1.165) is 24.0 Å². The number of hydroxylamine groups is 4. The van der Waals surface area contributed by atoms with E-state index in [2.05, 4.69) is 0 Å². The second kappa shape index (κ2) is 7.89. The molecular formula is C21H27ClN2O5. The molecule has 0 bridgehead atoms. The van der Waals surface area contributed by atoms with Crippen LogP contribution in [0.2, 0.25) is 5.02 Å². The van der Waals surface area contributed by atoms with Gasteiger partial charge in [-0.1, -0.05) is 11.6 Å². The largest absolute Gasteiger partial charge is 0.509 e. The number of ether oxygens (including phenoxy) is 1. The Kier molecular flexibility index (Phi) is 5.61. The van der Waals surface area contributed by atoms with Crippen LogP contribution < -0.4 is 0 Å². The molecule has 0 aromatic heterocycles. The highest BCUT2D eigenvalue weighted by atomic mass is 35.5. The van der Waals surface area contributed by atoms with Crippen LogP contribution in [0.3, 0.4) is 0 Å². The molecule has 0 aliphatic carbocycles. The molecule has 2 fully saturated rings. The molecule has 7 nitrogen and oxygen atoms in total. The standard InChI is InChI=1S/C21H27ClN2O5/c1-13-11-15(22)12-14(2)17(13)18-19(25)21(6-8-23(27-3)9-7-21)24(20(18)26)29-16-5-4-10-28-16/h11-12,16,25H,4-10H2,1-3H3. The molecule has 1 N–H and O–H groups in total. The molecule has 0 radical (unpaired) electrons. The van der Waals surface area contributed by atoms with Crippen molar-refractivity contribution in [1.29, 1.82) is 0 Å². The number of amides is 1. The molecule has 1 aromatic carbocycles. The molecule has 29 heavy (non-hydrogen) atoms. The number of nitrogens with zero attached hydrogens (tertiary/aromatic N) is 2. The molecule has 1 amide bonds. The monoisotopic (exact) mass is 422 g/mol. The maximum atomic E-state index is 13.6. The summed E-state index contributed by atoms with van der Waals surface area (Å²) >= 11 is 6.18. The summed E-state index contributed by atoms with van der Waals surface area (Å²) in [6.45, 7) is 5.55. The van der Waals surface area contributed by atoms with E-state index in [0.29, 0.717) is 48.7 Å². The summed E-state index contributed by atoms with van der Waals surface area (Å²) in [6.07, 6.45) is 2.13. The van der Waals surface area contributed by atoms with Gasteiger partial charge in [0.25, 0.3) is 5.91 Å². The first kappa shape index (κ1) is 20.6. The van der Waals surface area contributed by atoms with E-state index in [1.165, 1.54) is 5.06 Å². The number of piperidine rings is 1. The molecule has 3 aliphatic heterocycles. The molecule has 1 aromatic rings. The van der Waals surface area contributed by atoms with Gasteiger partial charge in [-0.2, -0.15) is 5.06 Å². The van der Waals surface area contributed by atoms with Crippen LogP contribution in [0.15, 0.2) is 17.9 Å². The topological polar surface area (TPSA) is 71.5 Å². The smallest absolute Gasteiger partial charge is 0.282 e. The van der Waals surface area contributed by atoms with Crippen molar-refractivity contribution in [3.63, 3.8) is 0 Å². The van der Waals surface area contributed by atoms with Crippen LogP contribution in [0.1, 0.15) is 42.4 Å². The zero-order valence-electron chi connectivity index (χ0n) is 17.0. The third-order valence-corrected chi connectivity index (χ3v) is 6.35. The summed E-state index contributed by atoms with van der Waals surface area (Å²) in [5, 5.41) is 15.2. The van der Waals surface area contributed by atoms with E-state index in [1.54, 1.807) is 19.2 Å². The lowest BCUT2D eigenvalue weighted by Gasteiger charge is -2.43. The minimum absolute atomic E-state index is 0.0600. The summed E-state index contributed by atoms with van der Waals surface area (Å²) in [4.78, 5) is 25.0. The van der Waals surface area contributed by atoms with Crippen LogP contribution in [-0.4, -0.2) is 59.8 Å². The van der Waals surface area contributed by atoms with Crippen LogP contribution in [0.5, 0.6) is 0 Å². The zero-order valence-corrected chi connectivity index (χ0v) is 17.8. The lowest BCUT2D eigenvalue weighted by Crippen LogP contribution is -2.55. The van der Waals surface area contributed by atoms with Gasteiger partial charge in [0.15, 0.2) is 6.29 Å². The van der Waals surface area contributed by atoms with Crippen molar-refractivity contribution in [2.75, 3.05) is 26.8 Å². The zero-order chi connectivity index (χ0) is 20.8. The van der Waals surface area contributed by atoms with Gasteiger partial charge in [-0.25, -0.2) is 9.90 Å². The number of hydrogen-bond acceptors (Lipinski definition) is 6. The number of aryl methyl sites for hydroxylation is 2. The highest BCUT2D eigenvalue weighted by molar-refractivity contribution is 6.31. The van der Waals surface area contributed by atoms with Gasteiger partial charge in [0.2, 0.25) is 0 Å². The Morgan fingerprint density at radius 1 is 1.24 bits per heavy atom. The Morgan fingerprint density at radius 2 is 1.90 bits per heavy atom. The van der Waals surface area contributed by atoms with Crippen molar-refractivity contribution in [3.05, 3.63) is 39.6 Å². The number of halogens is 1. The predicted octanol–water partition coefficient (Wildman–Crippen LogP) is 3.53. The van der Waals surface area contributed by atoms with Gasteiger partial charge < -0.3 is 14.7 Å². The lowest BCUT2D eigenvalue weighted by molar-refractivity contribution is -0.291. The Hall–Kier alpha value is -1.64. The summed E-state index contributed by atoms with van der Waals surface area (Å²) in [6, 6.07) is 3.61. The summed E-state index contributed by atoms with van der Waals surface area (Å²) in [5.74, 6) is -0.276. The van der Waals surface area contributed by atoms with Gasteiger partial charge in [-0.05, 0) is 61.9 Å². The van der Waals surface area contributed by atoms with E-state index < -0.39 is 11.8 Å². The highest BCUT2D eigenvalue weighted by Crippen LogP contribution is 2.47. The van der Waals surface area contributed by atoms with Gasteiger partial charge in [0.1, 0.15) is 11.3 Å². The molecule has 1 spiro atoms. The fourth-order valence-corrected chi connectivity index (χ4v) is 4.96. The van der Waals surface area contributed by atoms with Crippen LogP contribution in [0.4, 0.5) is 0 Å². The minimum Gasteiger partial charge on any atom is -0.509 e. The molecule has 3 heterocycles. The maximum absolute atomic E-state index is 13.6. The molecule has 1 atom stereocenters. The molecule has 2 saturated heterocycles. The first-order valence-electron chi connectivity index (χ1n) is 10.00. The normalized spacial score (nSPS) is 24.9. The second-order valence-electron chi connectivity index (χ2n) is 7.93. The average molecular weight is 423 g/mol. The maximum Gasteiger partial charge on any atom is 0.282 e. The van der Waals surface area contributed by atoms with Crippen molar-refractivity contribution in [1.82, 2.24) is 10.1 Å². The highest BCUT2D eigenvalue weighted by Gasteiger charge is 2.56. The first-order chi connectivity index (χ1) is 13.9. The Labute approximate surface area is 175 Å². The summed E-state index contributed by atoms with van der Waals surface area (Å²) in [7, 11) is 1.62. The summed E-state index contributed by atoms with van der Waals surface area (Å²) < 4.78 is 5.61. The van der Waals surface area contributed by atoms with Crippen LogP contribution in [0.25, 0.3) is 5.57 Å². The van der Waals surface area contributed by atoms with Crippen molar-refractivity contribution >= 4 is 23.1 Å². The molecular weight excluding hydrogens is 396 g/mol. The fourth-order valence-electron chi connectivity index (χ4n) is 4.63. The van der Waals surface area contributed by atoms with Crippen molar-refractivity contribution in [3.8, 4) is 0 Å². The van der Waals surface area contributed by atoms with E-state index in [-0.39, 0.29) is 11.7 Å². The van der Waals surface area contributed by atoms with E-state index in [9.17, 15) is 9.90 Å². The van der Waals surface area contributed by atoms with Crippen molar-refractivity contribution in [2.45, 2.75) is 51.4 Å². The Balaban J connectivity index is 1.78. The SMILES string of the molecule is CON1CCC2(CC1)C(O)=C(c1c(C)cc(Cl)cc1C)C(=O)N2OC1CCCO1. The average Bonchev–Trinajstić information content (AvgIpc) is 3.26. The number of aliphatic hydroxyl groups excluding tert-OH is 1. The van der Waals surface area contributed by atoms with E-state index >= 15 is 0 Å². The third-order valence-electron chi connectivity index (χ3n) is 6.13. The van der Waals surface area contributed by atoms with Gasteiger partial charge in [0, 0.05) is 24.5 Å². The van der Waals surface area contributed by atoms with Gasteiger partial charge in [-0.15, -0.1) is 0 Å². The molecule has 8 heteroatoms. The molecule has 0 saturated carbocycles. The van der Waals surface area contributed by atoms with Gasteiger partial charge in [0.05, 0.1) is 19.3 Å². The van der Waals surface area contributed by atoms with Crippen LogP contribution in [-0.2, 0) is 19.2 Å². The lowest BCUT2D eigenvalue weighted by atomic mass is 9.85. The summed E-state index contributed by atoms with van der Waals surface area (Å²) in [5.41, 5.74) is 1.76. The minimum atomic E-state index is -0.925. The second-order valence-corrected chi connectivity index (χ2v) is 8.37. The number of benzene rings is 1. The predicted molar refractivity (Wildman–Crippen MR) is 108 cm³/mol. The molecule has 158 valence electrons. The van der Waals surface area contributed by atoms with E-state index in [4.69, 9.17) is 26.0 Å². The Morgan fingerprint density at radius 3 is 2.45 bits per heavy atom. The Bertz CT molecular complexity index is 818. The van der Waals surface area contributed by atoms with Crippen molar-refractivity contribution in [2.24, 2.45) is 0 Å². The van der Waals surface area contributed by atoms with Crippen LogP contribution >= 0.6 is 11.6 Å². The van der Waals surface area contributed by atoms with E-state index in [1.807, 2.05) is 18.9 Å². The fraction of sp³-hybridized carbons (Fsp3) is 0.571. The quantitative estimate of drug-likeness (QED) is 0.800. The first-order valence-corrected chi connectivity index (χ1v) is 10.4. The number of hydrogen-bond donors (Lipinski definition) is 1. The number of carbonyl (C=O) groups excluding carboxylic acids is 1. The number of aliphatic hydroxyl groups is 1.